The van der Waals surface area contributed by atoms with Gasteiger partial charge in [-0.05, 0) is 31.6 Å². The SMILES string of the molecule is O=C(CN1C(=O)N[C@H](C2CCCCC2)C1=O)NC1CCCC1. The van der Waals surface area contributed by atoms with Crippen molar-refractivity contribution >= 4 is 17.8 Å². The van der Waals surface area contributed by atoms with E-state index in [4.69, 9.17) is 0 Å². The maximum absolute atomic E-state index is 12.5. The first kappa shape index (κ1) is 15.3. The molecular weight excluding hydrogens is 282 g/mol. The van der Waals surface area contributed by atoms with Crippen LogP contribution in [0.4, 0.5) is 4.79 Å². The van der Waals surface area contributed by atoms with Crippen LogP contribution in [0.1, 0.15) is 57.8 Å². The van der Waals surface area contributed by atoms with Gasteiger partial charge in [0, 0.05) is 6.04 Å². The van der Waals surface area contributed by atoms with Gasteiger partial charge in [-0.1, -0.05) is 32.1 Å². The van der Waals surface area contributed by atoms with Crippen LogP contribution in [0.5, 0.6) is 0 Å². The molecule has 0 aromatic rings. The highest BCUT2D eigenvalue weighted by Gasteiger charge is 2.43. The minimum absolute atomic E-state index is 0.148. The topological polar surface area (TPSA) is 78.5 Å². The van der Waals surface area contributed by atoms with Crippen molar-refractivity contribution in [2.45, 2.75) is 69.9 Å². The predicted octanol–water partition coefficient (Wildman–Crippen LogP) is 1.55. The molecule has 2 aliphatic carbocycles. The number of amides is 4. The molecule has 1 aliphatic heterocycles. The number of imide groups is 1. The Morgan fingerprint density at radius 1 is 1.05 bits per heavy atom. The van der Waals surface area contributed by atoms with Gasteiger partial charge in [-0.15, -0.1) is 0 Å². The Bertz CT molecular complexity index is 454. The second-order valence-electron chi connectivity index (χ2n) is 6.80. The van der Waals surface area contributed by atoms with Crippen molar-refractivity contribution in [3.8, 4) is 0 Å². The van der Waals surface area contributed by atoms with Crippen molar-refractivity contribution in [3.05, 3.63) is 0 Å². The number of carbonyl (C=O) groups is 3. The molecule has 0 spiro atoms. The van der Waals surface area contributed by atoms with Crippen LogP contribution in [-0.4, -0.2) is 41.4 Å². The highest BCUT2D eigenvalue weighted by molar-refractivity contribution is 6.06. The Kier molecular flexibility index (Phi) is 4.64. The smallest absolute Gasteiger partial charge is 0.325 e. The van der Waals surface area contributed by atoms with Gasteiger partial charge in [-0.25, -0.2) is 4.79 Å². The quantitative estimate of drug-likeness (QED) is 0.773. The third kappa shape index (κ3) is 3.25. The molecule has 2 saturated carbocycles. The fourth-order valence-corrected chi connectivity index (χ4v) is 3.96. The standard InChI is InChI=1S/C16H25N3O3/c20-13(17-12-8-4-5-9-12)10-19-15(21)14(18-16(19)22)11-6-2-1-3-7-11/h11-12,14H,1-10H2,(H,17,20)(H,18,22)/t14-/m1/s1. The van der Waals surface area contributed by atoms with Gasteiger partial charge in [0.1, 0.15) is 12.6 Å². The zero-order valence-corrected chi connectivity index (χ0v) is 13.0. The lowest BCUT2D eigenvalue weighted by Gasteiger charge is -2.25. The summed E-state index contributed by atoms with van der Waals surface area (Å²) < 4.78 is 0. The number of hydrogen-bond acceptors (Lipinski definition) is 3. The zero-order chi connectivity index (χ0) is 15.5. The number of nitrogens with one attached hydrogen (secondary N) is 2. The van der Waals surface area contributed by atoms with Gasteiger partial charge < -0.3 is 10.6 Å². The fourth-order valence-electron chi connectivity index (χ4n) is 3.96. The number of rotatable bonds is 4. The van der Waals surface area contributed by atoms with E-state index in [2.05, 4.69) is 10.6 Å². The molecule has 122 valence electrons. The molecule has 0 aromatic carbocycles. The summed E-state index contributed by atoms with van der Waals surface area (Å²) in [4.78, 5) is 37.6. The Hall–Kier alpha value is -1.59. The van der Waals surface area contributed by atoms with Gasteiger partial charge in [-0.3, -0.25) is 14.5 Å². The summed E-state index contributed by atoms with van der Waals surface area (Å²) in [5, 5.41) is 5.71. The number of nitrogens with zero attached hydrogens (tertiary/aromatic N) is 1. The molecule has 4 amide bonds. The summed E-state index contributed by atoms with van der Waals surface area (Å²) in [7, 11) is 0. The second kappa shape index (κ2) is 6.67. The molecule has 2 N–H and O–H groups in total. The van der Waals surface area contributed by atoms with Gasteiger partial charge in [-0.2, -0.15) is 0 Å². The van der Waals surface area contributed by atoms with E-state index in [-0.39, 0.29) is 30.3 Å². The minimum atomic E-state index is -0.424. The van der Waals surface area contributed by atoms with Crippen molar-refractivity contribution in [2.75, 3.05) is 6.54 Å². The molecule has 6 nitrogen and oxygen atoms in total. The lowest BCUT2D eigenvalue weighted by atomic mass is 9.84. The first-order chi connectivity index (χ1) is 10.6. The van der Waals surface area contributed by atoms with Crippen LogP contribution >= 0.6 is 0 Å². The van der Waals surface area contributed by atoms with Crippen LogP contribution in [0.15, 0.2) is 0 Å². The van der Waals surface area contributed by atoms with E-state index in [1.165, 1.54) is 6.42 Å². The van der Waals surface area contributed by atoms with Crippen LogP contribution in [-0.2, 0) is 9.59 Å². The average Bonchev–Trinajstić information content (AvgIpc) is 3.11. The van der Waals surface area contributed by atoms with Crippen molar-refractivity contribution in [1.82, 2.24) is 15.5 Å². The molecule has 22 heavy (non-hydrogen) atoms. The van der Waals surface area contributed by atoms with E-state index in [1.54, 1.807) is 0 Å². The summed E-state index contributed by atoms with van der Waals surface area (Å²) in [5.74, 6) is -0.216. The molecule has 0 unspecified atom stereocenters. The lowest BCUT2D eigenvalue weighted by molar-refractivity contribution is -0.133. The van der Waals surface area contributed by atoms with E-state index in [0.29, 0.717) is 0 Å². The number of urea groups is 1. The molecule has 1 saturated heterocycles. The minimum Gasteiger partial charge on any atom is -0.352 e. The lowest BCUT2D eigenvalue weighted by Crippen LogP contribution is -2.44. The molecule has 0 radical (unpaired) electrons. The summed E-state index contributed by atoms with van der Waals surface area (Å²) in [6.07, 6.45) is 9.68. The fraction of sp³-hybridized carbons (Fsp3) is 0.812. The van der Waals surface area contributed by atoms with E-state index < -0.39 is 12.1 Å². The number of carbonyl (C=O) groups excluding carboxylic acids is 3. The first-order valence-corrected chi connectivity index (χ1v) is 8.56. The molecule has 3 rings (SSSR count). The molecule has 0 aromatic heterocycles. The monoisotopic (exact) mass is 307 g/mol. The van der Waals surface area contributed by atoms with Crippen LogP contribution < -0.4 is 10.6 Å². The van der Waals surface area contributed by atoms with Crippen LogP contribution in [0.3, 0.4) is 0 Å². The Labute approximate surface area is 131 Å². The van der Waals surface area contributed by atoms with Gasteiger partial charge in [0.25, 0.3) is 5.91 Å². The van der Waals surface area contributed by atoms with E-state index in [9.17, 15) is 14.4 Å². The van der Waals surface area contributed by atoms with Crippen LogP contribution in [0.25, 0.3) is 0 Å². The molecule has 6 heteroatoms. The van der Waals surface area contributed by atoms with Gasteiger partial charge >= 0.3 is 6.03 Å². The number of hydrogen-bond donors (Lipinski definition) is 2. The van der Waals surface area contributed by atoms with Gasteiger partial charge in [0.05, 0.1) is 0 Å². The van der Waals surface area contributed by atoms with Crippen molar-refractivity contribution in [3.63, 3.8) is 0 Å². The maximum atomic E-state index is 12.5. The molecule has 0 bridgehead atoms. The van der Waals surface area contributed by atoms with E-state index >= 15 is 0 Å². The first-order valence-electron chi connectivity index (χ1n) is 8.56. The van der Waals surface area contributed by atoms with Gasteiger partial charge in [0.2, 0.25) is 5.91 Å². The molecule has 1 atom stereocenters. The summed E-state index contributed by atoms with van der Waals surface area (Å²) in [6.45, 7) is -0.148. The molecular formula is C16H25N3O3. The van der Waals surface area contributed by atoms with Gasteiger partial charge in [0.15, 0.2) is 0 Å². The Morgan fingerprint density at radius 2 is 1.68 bits per heavy atom. The highest BCUT2D eigenvalue weighted by atomic mass is 16.2. The van der Waals surface area contributed by atoms with Crippen LogP contribution in [0.2, 0.25) is 0 Å². The summed E-state index contributed by atoms with van der Waals surface area (Å²) >= 11 is 0. The van der Waals surface area contributed by atoms with Crippen molar-refractivity contribution < 1.29 is 14.4 Å². The maximum Gasteiger partial charge on any atom is 0.325 e. The normalized spacial score (nSPS) is 27.3. The highest BCUT2D eigenvalue weighted by Crippen LogP contribution is 2.29. The zero-order valence-electron chi connectivity index (χ0n) is 13.0. The molecule has 3 aliphatic rings. The summed E-state index contributed by atoms with van der Waals surface area (Å²) in [5.41, 5.74) is 0. The second-order valence-corrected chi connectivity index (χ2v) is 6.80. The molecule has 3 fully saturated rings. The third-order valence-electron chi connectivity index (χ3n) is 5.20. The van der Waals surface area contributed by atoms with E-state index in [1.807, 2.05) is 0 Å². The third-order valence-corrected chi connectivity index (χ3v) is 5.20. The average molecular weight is 307 g/mol. The van der Waals surface area contributed by atoms with Crippen molar-refractivity contribution in [1.29, 1.82) is 0 Å². The Balaban J connectivity index is 1.55. The predicted molar refractivity (Wildman–Crippen MR) is 81.0 cm³/mol. The largest absolute Gasteiger partial charge is 0.352 e. The van der Waals surface area contributed by atoms with E-state index in [0.717, 1.165) is 56.3 Å². The van der Waals surface area contributed by atoms with Crippen LogP contribution in [0, 0.1) is 5.92 Å². The molecule has 1 heterocycles. The summed E-state index contributed by atoms with van der Waals surface area (Å²) in [6, 6.07) is -0.628. The Morgan fingerprint density at radius 3 is 2.36 bits per heavy atom. The van der Waals surface area contributed by atoms with Crippen molar-refractivity contribution in [2.24, 2.45) is 5.92 Å².